The van der Waals surface area contributed by atoms with E-state index in [2.05, 4.69) is 16.9 Å². The van der Waals surface area contributed by atoms with Crippen molar-refractivity contribution in [2.45, 2.75) is 12.8 Å². The minimum Gasteiger partial charge on any atom is -0.383 e. The largest absolute Gasteiger partial charge is 0.383 e. The van der Waals surface area contributed by atoms with Crippen LogP contribution in [0.4, 0.5) is 0 Å². The van der Waals surface area contributed by atoms with Crippen molar-refractivity contribution in [3.05, 3.63) is 12.7 Å². The number of carbonyl (C=O) groups is 1. The molecule has 0 aromatic heterocycles. The van der Waals surface area contributed by atoms with Crippen LogP contribution in [0.25, 0.3) is 0 Å². The van der Waals surface area contributed by atoms with E-state index in [9.17, 15) is 4.79 Å². The van der Waals surface area contributed by atoms with Crippen molar-refractivity contribution in [2.75, 3.05) is 54.5 Å². The topological polar surface area (TPSA) is 57.2 Å². The average molecular weight is 412 g/mol. The highest BCUT2D eigenvalue weighted by Crippen LogP contribution is 1.95. The number of rotatable bonds is 9. The highest BCUT2D eigenvalue weighted by atomic mass is 127. The van der Waals surface area contributed by atoms with Crippen molar-refractivity contribution in [3.63, 3.8) is 0 Å². The van der Waals surface area contributed by atoms with Crippen molar-refractivity contribution in [1.29, 1.82) is 0 Å². The third kappa shape index (κ3) is 11.5. The molecule has 124 valence electrons. The predicted molar refractivity (Wildman–Crippen MR) is 98.4 cm³/mol. The van der Waals surface area contributed by atoms with Crippen molar-refractivity contribution < 1.29 is 9.53 Å². The zero-order valence-corrected chi connectivity index (χ0v) is 15.9. The van der Waals surface area contributed by atoms with E-state index in [1.807, 2.05) is 18.0 Å². The molecule has 0 aliphatic rings. The van der Waals surface area contributed by atoms with E-state index >= 15 is 0 Å². The molecule has 6 nitrogen and oxygen atoms in total. The molecule has 1 amide bonds. The lowest BCUT2D eigenvalue weighted by atomic mass is 10.3. The highest BCUT2D eigenvalue weighted by molar-refractivity contribution is 14.0. The molecule has 0 bridgehead atoms. The van der Waals surface area contributed by atoms with Gasteiger partial charge in [-0.1, -0.05) is 6.08 Å². The third-order valence-electron chi connectivity index (χ3n) is 2.72. The standard InChI is InChI=1S/C14H28N4O2.HI/c1-6-7-8-10-18(4)14(15-9-11-20-5)16-12-13(19)17(2)3;/h6H,1,7-12H2,2-5H3,(H,15,16);1H. The average Bonchev–Trinajstić information content (AvgIpc) is 2.42. The second kappa shape index (κ2) is 14.1. The normalized spacial score (nSPS) is 10.6. The van der Waals surface area contributed by atoms with E-state index in [0.29, 0.717) is 13.2 Å². The van der Waals surface area contributed by atoms with Crippen molar-refractivity contribution in [2.24, 2.45) is 4.99 Å². The Morgan fingerprint density at radius 3 is 2.57 bits per heavy atom. The second-order valence-corrected chi connectivity index (χ2v) is 4.70. The van der Waals surface area contributed by atoms with Crippen molar-refractivity contribution >= 4 is 35.8 Å². The number of hydrogen-bond acceptors (Lipinski definition) is 3. The van der Waals surface area contributed by atoms with Gasteiger partial charge in [-0.05, 0) is 12.8 Å². The number of nitrogens with one attached hydrogen (secondary N) is 1. The first kappa shape index (κ1) is 22.5. The van der Waals surface area contributed by atoms with Gasteiger partial charge in [0.05, 0.1) is 6.61 Å². The van der Waals surface area contributed by atoms with Crippen LogP contribution in [-0.2, 0) is 9.53 Å². The smallest absolute Gasteiger partial charge is 0.243 e. The van der Waals surface area contributed by atoms with Crippen molar-refractivity contribution in [1.82, 2.24) is 15.1 Å². The van der Waals surface area contributed by atoms with Crippen LogP contribution < -0.4 is 5.32 Å². The van der Waals surface area contributed by atoms with Crippen LogP contribution in [0, 0.1) is 0 Å². The predicted octanol–water partition coefficient (Wildman–Crippen LogP) is 1.18. The van der Waals surface area contributed by atoms with Gasteiger partial charge in [0, 0.05) is 41.3 Å². The van der Waals surface area contributed by atoms with Crippen molar-refractivity contribution in [3.8, 4) is 0 Å². The lowest BCUT2D eigenvalue weighted by Gasteiger charge is -2.22. The molecule has 0 saturated heterocycles. The van der Waals surface area contributed by atoms with Gasteiger partial charge in [-0.25, -0.2) is 4.99 Å². The van der Waals surface area contributed by atoms with E-state index in [0.717, 1.165) is 25.3 Å². The molecule has 7 heteroatoms. The highest BCUT2D eigenvalue weighted by Gasteiger charge is 2.08. The van der Waals surface area contributed by atoms with Gasteiger partial charge in [0.2, 0.25) is 5.91 Å². The number of ether oxygens (including phenoxy) is 1. The summed E-state index contributed by atoms with van der Waals surface area (Å²) >= 11 is 0. The molecular weight excluding hydrogens is 383 g/mol. The summed E-state index contributed by atoms with van der Waals surface area (Å²) in [4.78, 5) is 19.5. The fourth-order valence-corrected chi connectivity index (χ4v) is 1.44. The molecule has 0 unspecified atom stereocenters. The summed E-state index contributed by atoms with van der Waals surface area (Å²) in [7, 11) is 7.07. The van der Waals surface area contributed by atoms with Gasteiger partial charge in [-0.3, -0.25) is 4.79 Å². The summed E-state index contributed by atoms with van der Waals surface area (Å²) in [5.74, 6) is 0.705. The van der Waals surface area contributed by atoms with Gasteiger partial charge < -0.3 is 19.9 Å². The lowest BCUT2D eigenvalue weighted by molar-refractivity contribution is -0.127. The molecule has 0 radical (unpaired) electrons. The Kier molecular flexibility index (Phi) is 15.1. The number of aliphatic imine (C=N–C) groups is 1. The van der Waals surface area contributed by atoms with Crippen LogP contribution in [0.5, 0.6) is 0 Å². The van der Waals surface area contributed by atoms with Crippen LogP contribution in [0.3, 0.4) is 0 Å². The van der Waals surface area contributed by atoms with Crippen LogP contribution in [0.15, 0.2) is 17.6 Å². The van der Waals surface area contributed by atoms with E-state index in [1.165, 1.54) is 4.90 Å². The third-order valence-corrected chi connectivity index (χ3v) is 2.72. The Bertz CT molecular complexity index is 322. The number of carbonyl (C=O) groups excluding carboxylic acids is 1. The van der Waals surface area contributed by atoms with Crippen LogP contribution in [0.1, 0.15) is 12.8 Å². The molecule has 0 atom stereocenters. The summed E-state index contributed by atoms with van der Waals surface area (Å²) < 4.78 is 5.01. The molecule has 0 aromatic carbocycles. The Labute approximate surface area is 145 Å². The maximum Gasteiger partial charge on any atom is 0.243 e. The van der Waals surface area contributed by atoms with E-state index in [4.69, 9.17) is 4.74 Å². The van der Waals surface area contributed by atoms with Gasteiger partial charge >= 0.3 is 0 Å². The Morgan fingerprint density at radius 1 is 1.38 bits per heavy atom. The van der Waals surface area contributed by atoms with Crippen LogP contribution in [0.2, 0.25) is 0 Å². The summed E-state index contributed by atoms with van der Waals surface area (Å²) in [6, 6.07) is 0. The summed E-state index contributed by atoms with van der Waals surface area (Å²) in [5, 5.41) is 3.20. The summed E-state index contributed by atoms with van der Waals surface area (Å²) in [6.45, 7) is 5.98. The second-order valence-electron chi connectivity index (χ2n) is 4.70. The lowest BCUT2D eigenvalue weighted by Crippen LogP contribution is -2.41. The van der Waals surface area contributed by atoms with Gasteiger partial charge in [0.15, 0.2) is 5.96 Å². The molecule has 21 heavy (non-hydrogen) atoms. The summed E-state index contributed by atoms with van der Waals surface area (Å²) in [6.07, 6.45) is 3.87. The minimum absolute atomic E-state index is 0. The number of likely N-dealkylation sites (N-methyl/N-ethyl adjacent to an activating group) is 1. The number of halogens is 1. The first-order valence-electron chi connectivity index (χ1n) is 6.82. The van der Waals surface area contributed by atoms with E-state index < -0.39 is 0 Å². The number of allylic oxidation sites excluding steroid dienone is 1. The molecule has 0 spiro atoms. The van der Waals surface area contributed by atoms with Crippen LogP contribution in [-0.4, -0.2) is 76.2 Å². The fourth-order valence-electron chi connectivity index (χ4n) is 1.44. The molecular formula is C14H29IN4O2. The number of hydrogen-bond donors (Lipinski definition) is 1. The quantitative estimate of drug-likeness (QED) is 0.203. The molecule has 0 aliphatic carbocycles. The molecule has 1 N–H and O–H groups in total. The molecule has 0 heterocycles. The number of amides is 1. The minimum atomic E-state index is -0.0180. The van der Waals surface area contributed by atoms with Gasteiger partial charge in [-0.2, -0.15) is 0 Å². The molecule has 0 aromatic rings. The fraction of sp³-hybridized carbons (Fsp3) is 0.714. The number of methoxy groups -OCH3 is 1. The van der Waals surface area contributed by atoms with Gasteiger partial charge in [0.25, 0.3) is 0 Å². The Balaban J connectivity index is 0. The van der Waals surface area contributed by atoms with Gasteiger partial charge in [0.1, 0.15) is 6.54 Å². The first-order valence-corrected chi connectivity index (χ1v) is 6.82. The monoisotopic (exact) mass is 412 g/mol. The van der Waals surface area contributed by atoms with E-state index in [1.54, 1.807) is 21.2 Å². The summed E-state index contributed by atoms with van der Waals surface area (Å²) in [5.41, 5.74) is 0. The number of guanidine groups is 1. The molecule has 0 saturated carbocycles. The molecule has 0 aliphatic heterocycles. The van der Waals surface area contributed by atoms with E-state index in [-0.39, 0.29) is 36.4 Å². The van der Waals surface area contributed by atoms with Gasteiger partial charge in [-0.15, -0.1) is 30.6 Å². The number of nitrogens with zero attached hydrogens (tertiary/aromatic N) is 3. The SMILES string of the molecule is C=CCCCN(C)C(=NCC(=O)N(C)C)NCCOC.I. The Morgan fingerprint density at radius 2 is 2.05 bits per heavy atom. The first-order chi connectivity index (χ1) is 9.52. The molecule has 0 fully saturated rings. The maximum atomic E-state index is 11.6. The Hall–Kier alpha value is -0.830. The zero-order valence-electron chi connectivity index (χ0n) is 13.6. The number of unbranched alkanes of at least 4 members (excludes halogenated alkanes) is 1. The maximum absolute atomic E-state index is 11.6. The molecule has 0 rings (SSSR count). The van der Waals surface area contributed by atoms with Crippen LogP contribution >= 0.6 is 24.0 Å². The zero-order chi connectivity index (χ0) is 15.4.